The van der Waals surface area contributed by atoms with Crippen molar-refractivity contribution in [3.63, 3.8) is 0 Å². The highest BCUT2D eigenvalue weighted by molar-refractivity contribution is 7.10. The van der Waals surface area contributed by atoms with Crippen molar-refractivity contribution < 1.29 is 14.7 Å². The molecule has 2 atom stereocenters. The molecule has 9 heteroatoms. The summed E-state index contributed by atoms with van der Waals surface area (Å²) in [5.41, 5.74) is 3.72. The summed E-state index contributed by atoms with van der Waals surface area (Å²) in [4.78, 5) is 34.4. The van der Waals surface area contributed by atoms with Gasteiger partial charge in [0.25, 0.3) is 0 Å². The summed E-state index contributed by atoms with van der Waals surface area (Å²) in [6.45, 7) is 1.88. The molecule has 0 bridgehead atoms. The van der Waals surface area contributed by atoms with Gasteiger partial charge in [0.15, 0.2) is 5.78 Å². The molecule has 0 fully saturated rings. The molecular weight excluding hydrogens is 450 g/mol. The van der Waals surface area contributed by atoms with E-state index in [2.05, 4.69) is 21.4 Å². The Bertz CT molecular complexity index is 1450. The molecule has 2 aliphatic rings. The molecule has 0 radical (unpaired) electrons. The zero-order valence-electron chi connectivity index (χ0n) is 18.3. The Kier molecular flexibility index (Phi) is 4.73. The van der Waals surface area contributed by atoms with Crippen LogP contribution < -0.4 is 5.32 Å². The smallest absolute Gasteiger partial charge is 0.337 e. The number of hydrogen-bond donors (Lipinski definition) is 3. The van der Waals surface area contributed by atoms with Crippen LogP contribution in [0.15, 0.2) is 65.4 Å². The molecule has 1 aliphatic heterocycles. The lowest BCUT2D eigenvalue weighted by molar-refractivity contribution is -0.116. The van der Waals surface area contributed by atoms with Crippen LogP contribution >= 0.6 is 11.3 Å². The first kappa shape index (κ1) is 20.6. The summed E-state index contributed by atoms with van der Waals surface area (Å²) in [5, 5.41) is 20.0. The third-order valence-electron chi connectivity index (χ3n) is 6.56. The Hall–Kier alpha value is -3.98. The number of aromatic carboxylic acids is 1. The second kappa shape index (κ2) is 7.81. The van der Waals surface area contributed by atoms with Crippen LogP contribution in [0.25, 0.3) is 5.69 Å². The molecule has 1 aromatic carbocycles. The molecule has 4 aromatic rings. The molecule has 3 N–H and O–H groups in total. The van der Waals surface area contributed by atoms with Gasteiger partial charge in [0.2, 0.25) is 0 Å². The van der Waals surface area contributed by atoms with E-state index in [0.717, 1.165) is 11.3 Å². The Morgan fingerprint density at radius 1 is 1.21 bits per heavy atom. The zero-order chi connectivity index (χ0) is 23.4. The molecule has 0 saturated carbocycles. The first-order valence-corrected chi connectivity index (χ1v) is 11.9. The van der Waals surface area contributed by atoms with Crippen LogP contribution in [-0.2, 0) is 4.79 Å². The summed E-state index contributed by atoms with van der Waals surface area (Å²) in [6.07, 6.45) is 4.56. The highest BCUT2D eigenvalue weighted by atomic mass is 32.1. The average Bonchev–Trinajstić information content (AvgIpc) is 3.60. The number of Topliss-reactive ketones (excluding diaryl/α,β-unsaturated/α-hetero) is 1. The molecular formula is C25H21N5O3S. The number of nitrogens with one attached hydrogen (secondary N) is 2. The number of carbonyl (C=O) groups excluding carboxylic acids is 1. The van der Waals surface area contributed by atoms with Crippen molar-refractivity contribution in [3.05, 3.63) is 93.0 Å². The number of imidazole rings is 1. The van der Waals surface area contributed by atoms with Crippen molar-refractivity contribution in [1.82, 2.24) is 19.7 Å². The van der Waals surface area contributed by atoms with Gasteiger partial charge in [0, 0.05) is 46.4 Å². The number of carboxylic acid groups (broad SMARTS) is 1. The van der Waals surface area contributed by atoms with E-state index < -0.39 is 11.9 Å². The van der Waals surface area contributed by atoms with Gasteiger partial charge in [-0.25, -0.2) is 14.5 Å². The standard InChI is InChI=1S/C25H21N5O3S/c1-13-20-22(23-26-8-9-27-23)21-16(11-14(12-18(21)31)19-7-4-10-34-19)28-24(20)30(29-13)17-6-3-2-5-15(17)25(32)33/h2-10,14,22,28H,11-12H2,1H3,(H,26,27)(H,32,33)/t14-,22-/m0/s1. The van der Waals surface area contributed by atoms with Gasteiger partial charge in [-0.2, -0.15) is 5.10 Å². The number of aromatic nitrogens is 4. The molecule has 170 valence electrons. The fourth-order valence-electron chi connectivity index (χ4n) is 5.12. The van der Waals surface area contributed by atoms with E-state index in [1.165, 1.54) is 4.88 Å². The number of rotatable bonds is 4. The number of aryl methyl sites for hydroxylation is 1. The minimum atomic E-state index is -1.03. The van der Waals surface area contributed by atoms with Gasteiger partial charge in [0.1, 0.15) is 11.6 Å². The molecule has 0 saturated heterocycles. The molecule has 8 nitrogen and oxygen atoms in total. The maximum atomic E-state index is 13.5. The molecule has 4 heterocycles. The molecule has 0 spiro atoms. The van der Waals surface area contributed by atoms with E-state index in [0.29, 0.717) is 41.4 Å². The number of anilines is 1. The Morgan fingerprint density at radius 2 is 2.06 bits per heavy atom. The van der Waals surface area contributed by atoms with Crippen molar-refractivity contribution in [2.75, 3.05) is 5.32 Å². The van der Waals surface area contributed by atoms with Crippen LogP contribution in [0.1, 0.15) is 57.0 Å². The monoisotopic (exact) mass is 471 g/mol. The van der Waals surface area contributed by atoms with Gasteiger partial charge in [0.05, 0.1) is 22.9 Å². The van der Waals surface area contributed by atoms with Gasteiger partial charge < -0.3 is 15.4 Å². The van der Waals surface area contributed by atoms with E-state index in [9.17, 15) is 14.7 Å². The van der Waals surface area contributed by atoms with Crippen molar-refractivity contribution in [2.45, 2.75) is 31.6 Å². The highest BCUT2D eigenvalue weighted by Crippen LogP contribution is 2.49. The van der Waals surface area contributed by atoms with E-state index in [1.54, 1.807) is 52.7 Å². The van der Waals surface area contributed by atoms with Crippen LogP contribution in [0.4, 0.5) is 5.82 Å². The molecule has 34 heavy (non-hydrogen) atoms. The number of fused-ring (bicyclic) bond motifs is 1. The van der Waals surface area contributed by atoms with E-state index in [-0.39, 0.29) is 17.3 Å². The van der Waals surface area contributed by atoms with Crippen molar-refractivity contribution in [3.8, 4) is 5.69 Å². The lowest BCUT2D eigenvalue weighted by atomic mass is 9.75. The van der Waals surface area contributed by atoms with Gasteiger partial charge >= 0.3 is 5.97 Å². The lowest BCUT2D eigenvalue weighted by Gasteiger charge is -2.34. The zero-order valence-corrected chi connectivity index (χ0v) is 19.1. The highest BCUT2D eigenvalue weighted by Gasteiger charge is 2.42. The summed E-state index contributed by atoms with van der Waals surface area (Å²) in [6, 6.07) is 10.9. The molecule has 6 rings (SSSR count). The van der Waals surface area contributed by atoms with E-state index >= 15 is 0 Å². The van der Waals surface area contributed by atoms with E-state index in [4.69, 9.17) is 5.10 Å². The SMILES string of the molecule is Cc1nn(-c2ccccc2C(=O)O)c2c1[C@H](c1ncc[nH]1)C1=C(C[C@H](c3cccs3)CC1=O)N2. The number of carboxylic acids is 1. The van der Waals surface area contributed by atoms with Crippen LogP contribution in [-0.4, -0.2) is 36.6 Å². The second-order valence-corrected chi connectivity index (χ2v) is 9.53. The lowest BCUT2D eigenvalue weighted by Crippen LogP contribution is -2.30. The predicted octanol–water partition coefficient (Wildman–Crippen LogP) is 4.62. The largest absolute Gasteiger partial charge is 0.478 e. The summed E-state index contributed by atoms with van der Waals surface area (Å²) < 4.78 is 1.65. The maximum absolute atomic E-state index is 13.5. The number of thiophene rings is 1. The number of carbonyl (C=O) groups is 2. The van der Waals surface area contributed by atoms with Crippen molar-refractivity contribution in [2.24, 2.45) is 0 Å². The Balaban J connectivity index is 1.55. The fraction of sp³-hybridized carbons (Fsp3) is 0.200. The summed E-state index contributed by atoms with van der Waals surface area (Å²) >= 11 is 1.66. The fourth-order valence-corrected chi connectivity index (χ4v) is 5.95. The van der Waals surface area contributed by atoms with Gasteiger partial charge in [-0.1, -0.05) is 18.2 Å². The molecule has 3 aromatic heterocycles. The third kappa shape index (κ3) is 3.12. The maximum Gasteiger partial charge on any atom is 0.337 e. The predicted molar refractivity (Wildman–Crippen MR) is 128 cm³/mol. The number of nitrogens with zero attached hydrogens (tertiary/aromatic N) is 3. The van der Waals surface area contributed by atoms with Crippen LogP contribution in [0.3, 0.4) is 0 Å². The molecule has 0 amide bonds. The van der Waals surface area contributed by atoms with Crippen molar-refractivity contribution in [1.29, 1.82) is 0 Å². The van der Waals surface area contributed by atoms with E-state index in [1.807, 2.05) is 18.4 Å². The van der Waals surface area contributed by atoms with Gasteiger partial charge in [-0.3, -0.25) is 4.79 Å². The number of allylic oxidation sites excluding steroid dienone is 2. The Labute approximate surface area is 199 Å². The molecule has 0 unspecified atom stereocenters. The minimum absolute atomic E-state index is 0.0947. The number of hydrogen-bond acceptors (Lipinski definition) is 6. The van der Waals surface area contributed by atoms with Crippen molar-refractivity contribution >= 4 is 28.9 Å². The summed E-state index contributed by atoms with van der Waals surface area (Å²) in [7, 11) is 0. The van der Waals surface area contributed by atoms with Crippen LogP contribution in [0, 0.1) is 6.92 Å². The molecule has 1 aliphatic carbocycles. The summed E-state index contributed by atoms with van der Waals surface area (Å²) in [5.74, 6) is 0.113. The quantitative estimate of drug-likeness (QED) is 0.400. The number of aromatic amines is 1. The van der Waals surface area contributed by atoms with Gasteiger partial charge in [-0.15, -0.1) is 11.3 Å². The Morgan fingerprint density at radius 3 is 2.79 bits per heavy atom. The number of ketones is 1. The number of para-hydroxylation sites is 1. The van der Waals surface area contributed by atoms with Crippen LogP contribution in [0.5, 0.6) is 0 Å². The van der Waals surface area contributed by atoms with Gasteiger partial charge in [-0.05, 0) is 36.9 Å². The number of H-pyrrole nitrogens is 1. The van der Waals surface area contributed by atoms with Crippen LogP contribution in [0.2, 0.25) is 0 Å². The first-order valence-electron chi connectivity index (χ1n) is 11.0. The average molecular weight is 472 g/mol. The second-order valence-electron chi connectivity index (χ2n) is 8.55. The third-order valence-corrected chi connectivity index (χ3v) is 7.60. The topological polar surface area (TPSA) is 113 Å². The normalized spacial score (nSPS) is 19.5. The minimum Gasteiger partial charge on any atom is -0.478 e. The first-order chi connectivity index (χ1) is 16.5. The number of benzene rings is 1.